The molecule has 21 heavy (non-hydrogen) atoms. The summed E-state index contributed by atoms with van der Waals surface area (Å²) in [6.45, 7) is 9.53. The van der Waals surface area contributed by atoms with Crippen molar-refractivity contribution < 1.29 is 4.79 Å². The molecule has 0 atom stereocenters. The minimum atomic E-state index is 0.0659. The zero-order valence-corrected chi connectivity index (χ0v) is 13.7. The van der Waals surface area contributed by atoms with Crippen LogP contribution in [0.3, 0.4) is 0 Å². The molecule has 1 heterocycles. The van der Waals surface area contributed by atoms with Crippen LogP contribution in [-0.2, 0) is 4.79 Å². The van der Waals surface area contributed by atoms with Crippen molar-refractivity contribution in [3.8, 4) is 0 Å². The lowest BCUT2D eigenvalue weighted by molar-refractivity contribution is -0.123. The lowest BCUT2D eigenvalue weighted by Gasteiger charge is -2.43. The minimum Gasteiger partial charge on any atom is -0.352 e. The van der Waals surface area contributed by atoms with Crippen molar-refractivity contribution in [2.45, 2.75) is 57.5 Å². The van der Waals surface area contributed by atoms with Gasteiger partial charge in [-0.05, 0) is 26.7 Å². The van der Waals surface area contributed by atoms with Gasteiger partial charge in [0.25, 0.3) is 0 Å². The van der Waals surface area contributed by atoms with E-state index in [1.165, 1.54) is 19.3 Å². The number of hydrogen-bond acceptors (Lipinski definition) is 4. The van der Waals surface area contributed by atoms with E-state index >= 15 is 0 Å². The van der Waals surface area contributed by atoms with Crippen LogP contribution in [0.15, 0.2) is 0 Å². The molecular weight excluding hydrogens is 264 g/mol. The maximum absolute atomic E-state index is 12.1. The smallest absolute Gasteiger partial charge is 0.234 e. The van der Waals surface area contributed by atoms with Gasteiger partial charge in [-0.2, -0.15) is 0 Å². The highest BCUT2D eigenvalue weighted by molar-refractivity contribution is 5.78. The van der Waals surface area contributed by atoms with Gasteiger partial charge < -0.3 is 11.1 Å². The number of nitrogens with one attached hydrogen (secondary N) is 1. The Balaban J connectivity index is 1.69. The van der Waals surface area contributed by atoms with Crippen LogP contribution in [0, 0.1) is 0 Å². The van der Waals surface area contributed by atoms with Crippen LogP contribution in [0.1, 0.15) is 46.0 Å². The molecule has 1 saturated heterocycles. The Kier molecular flexibility index (Phi) is 6.02. The molecule has 1 aliphatic carbocycles. The molecule has 5 nitrogen and oxygen atoms in total. The van der Waals surface area contributed by atoms with Gasteiger partial charge in [-0.25, -0.2) is 0 Å². The van der Waals surface area contributed by atoms with Crippen LogP contribution in [0.5, 0.6) is 0 Å². The molecule has 2 aliphatic rings. The van der Waals surface area contributed by atoms with Crippen LogP contribution in [0.4, 0.5) is 0 Å². The second-order valence-corrected chi connectivity index (χ2v) is 7.18. The Morgan fingerprint density at radius 1 is 1.14 bits per heavy atom. The Labute approximate surface area is 129 Å². The van der Waals surface area contributed by atoms with Gasteiger partial charge in [0.05, 0.1) is 6.54 Å². The topological polar surface area (TPSA) is 61.6 Å². The predicted molar refractivity (Wildman–Crippen MR) is 86.2 cm³/mol. The molecule has 1 saturated carbocycles. The Morgan fingerprint density at radius 2 is 1.76 bits per heavy atom. The highest BCUT2D eigenvalue weighted by Gasteiger charge is 2.29. The lowest BCUT2D eigenvalue weighted by atomic mass is 9.95. The van der Waals surface area contributed by atoms with E-state index in [9.17, 15) is 4.79 Å². The predicted octanol–water partition coefficient (Wildman–Crippen LogP) is 0.790. The monoisotopic (exact) mass is 296 g/mol. The van der Waals surface area contributed by atoms with E-state index in [1.807, 2.05) is 0 Å². The third-order valence-electron chi connectivity index (χ3n) is 5.07. The SMILES string of the molecule is CC(C)(CN)N1CCN(CC(=O)NC2CCCCC2)CC1. The Morgan fingerprint density at radius 3 is 2.33 bits per heavy atom. The molecule has 3 N–H and O–H groups in total. The molecule has 0 bridgehead atoms. The van der Waals surface area contributed by atoms with E-state index in [1.54, 1.807) is 0 Å². The largest absolute Gasteiger partial charge is 0.352 e. The molecule has 0 aromatic heterocycles. The second-order valence-electron chi connectivity index (χ2n) is 7.18. The fourth-order valence-corrected chi connectivity index (χ4v) is 3.36. The normalized spacial score (nSPS) is 23.2. The maximum atomic E-state index is 12.1. The summed E-state index contributed by atoms with van der Waals surface area (Å²) >= 11 is 0. The first-order valence-electron chi connectivity index (χ1n) is 8.48. The fraction of sp³-hybridized carbons (Fsp3) is 0.938. The van der Waals surface area contributed by atoms with Gasteiger partial charge in [-0.1, -0.05) is 19.3 Å². The number of nitrogens with zero attached hydrogens (tertiary/aromatic N) is 2. The van der Waals surface area contributed by atoms with Crippen molar-refractivity contribution in [3.05, 3.63) is 0 Å². The number of rotatable bonds is 5. The minimum absolute atomic E-state index is 0.0659. The van der Waals surface area contributed by atoms with E-state index in [0.29, 0.717) is 19.1 Å². The van der Waals surface area contributed by atoms with Crippen molar-refractivity contribution in [1.29, 1.82) is 0 Å². The van der Waals surface area contributed by atoms with Gasteiger partial charge in [-0.15, -0.1) is 0 Å². The number of carbonyl (C=O) groups is 1. The van der Waals surface area contributed by atoms with Crippen LogP contribution < -0.4 is 11.1 Å². The molecule has 0 radical (unpaired) electrons. The maximum Gasteiger partial charge on any atom is 0.234 e. The first kappa shape index (κ1) is 16.7. The first-order valence-corrected chi connectivity index (χ1v) is 8.48. The molecule has 0 aromatic rings. The average Bonchev–Trinajstić information content (AvgIpc) is 2.48. The van der Waals surface area contributed by atoms with Crippen molar-refractivity contribution >= 4 is 5.91 Å². The molecule has 1 aliphatic heterocycles. The van der Waals surface area contributed by atoms with E-state index in [-0.39, 0.29) is 11.4 Å². The molecule has 5 heteroatoms. The summed E-state index contributed by atoms with van der Waals surface area (Å²) in [5.41, 5.74) is 5.90. The van der Waals surface area contributed by atoms with Crippen LogP contribution in [0.25, 0.3) is 0 Å². The molecule has 122 valence electrons. The fourth-order valence-electron chi connectivity index (χ4n) is 3.36. The quantitative estimate of drug-likeness (QED) is 0.787. The van der Waals surface area contributed by atoms with Crippen LogP contribution in [0.2, 0.25) is 0 Å². The molecule has 2 rings (SSSR count). The van der Waals surface area contributed by atoms with Crippen molar-refractivity contribution in [3.63, 3.8) is 0 Å². The third-order valence-corrected chi connectivity index (χ3v) is 5.07. The molecule has 0 unspecified atom stereocenters. The Hall–Kier alpha value is -0.650. The van der Waals surface area contributed by atoms with Gasteiger partial charge in [0.1, 0.15) is 0 Å². The number of nitrogens with two attached hydrogens (primary N) is 1. The van der Waals surface area contributed by atoms with Gasteiger partial charge >= 0.3 is 0 Å². The summed E-state index contributed by atoms with van der Waals surface area (Å²) in [6, 6.07) is 0.420. The standard InChI is InChI=1S/C16H32N4O/c1-16(2,13-17)20-10-8-19(9-11-20)12-15(21)18-14-6-4-3-5-7-14/h14H,3-13,17H2,1-2H3,(H,18,21). The van der Waals surface area contributed by atoms with Gasteiger partial charge in [0.15, 0.2) is 0 Å². The second kappa shape index (κ2) is 7.56. The molecule has 0 spiro atoms. The zero-order chi connectivity index (χ0) is 15.3. The number of carbonyl (C=O) groups excluding carboxylic acids is 1. The van der Waals surface area contributed by atoms with Crippen LogP contribution >= 0.6 is 0 Å². The van der Waals surface area contributed by atoms with Crippen molar-refractivity contribution in [2.24, 2.45) is 5.73 Å². The summed E-state index contributed by atoms with van der Waals surface area (Å²) in [5, 5.41) is 3.20. The van der Waals surface area contributed by atoms with Gasteiger partial charge in [0, 0.05) is 44.3 Å². The first-order chi connectivity index (χ1) is 10.0. The summed E-state index contributed by atoms with van der Waals surface area (Å²) in [4.78, 5) is 16.8. The van der Waals surface area contributed by atoms with E-state index < -0.39 is 0 Å². The van der Waals surface area contributed by atoms with Crippen LogP contribution in [-0.4, -0.2) is 66.6 Å². The summed E-state index contributed by atoms with van der Waals surface area (Å²) in [7, 11) is 0. The van der Waals surface area contributed by atoms with Crippen molar-refractivity contribution in [1.82, 2.24) is 15.1 Å². The summed E-state index contributed by atoms with van der Waals surface area (Å²) in [6.07, 6.45) is 6.16. The Bertz CT molecular complexity index is 331. The molecule has 1 amide bonds. The third kappa shape index (κ3) is 4.94. The summed E-state index contributed by atoms with van der Waals surface area (Å²) < 4.78 is 0. The van der Waals surface area contributed by atoms with Crippen molar-refractivity contribution in [2.75, 3.05) is 39.3 Å². The molecular formula is C16H32N4O. The highest BCUT2D eigenvalue weighted by atomic mass is 16.2. The van der Waals surface area contributed by atoms with Gasteiger partial charge in [0.2, 0.25) is 5.91 Å². The number of piperazine rings is 1. The molecule has 0 aromatic carbocycles. The van der Waals surface area contributed by atoms with Gasteiger partial charge in [-0.3, -0.25) is 14.6 Å². The number of amides is 1. The summed E-state index contributed by atoms with van der Waals surface area (Å²) in [5.74, 6) is 0.202. The van der Waals surface area contributed by atoms with E-state index in [0.717, 1.165) is 39.0 Å². The lowest BCUT2D eigenvalue weighted by Crippen LogP contribution is -2.58. The average molecular weight is 296 g/mol. The number of hydrogen-bond donors (Lipinski definition) is 2. The van der Waals surface area contributed by atoms with E-state index in [2.05, 4.69) is 29.0 Å². The highest BCUT2D eigenvalue weighted by Crippen LogP contribution is 2.18. The van der Waals surface area contributed by atoms with E-state index in [4.69, 9.17) is 5.73 Å². The zero-order valence-electron chi connectivity index (χ0n) is 13.7. The molecule has 2 fully saturated rings.